The van der Waals surface area contributed by atoms with Crippen LogP contribution in [0.1, 0.15) is 44.1 Å². The van der Waals surface area contributed by atoms with E-state index in [2.05, 4.69) is 20.0 Å². The molecule has 1 fully saturated rings. The van der Waals surface area contributed by atoms with Crippen LogP contribution in [0.2, 0.25) is 0 Å². The van der Waals surface area contributed by atoms with E-state index < -0.39 is 0 Å². The number of aryl methyl sites for hydroxylation is 3. The maximum Gasteiger partial charge on any atom is 0.261 e. The predicted molar refractivity (Wildman–Crippen MR) is 110 cm³/mol. The van der Waals surface area contributed by atoms with Gasteiger partial charge < -0.3 is 15.2 Å². The van der Waals surface area contributed by atoms with Gasteiger partial charge in [-0.15, -0.1) is 0 Å². The van der Waals surface area contributed by atoms with Gasteiger partial charge in [-0.3, -0.25) is 0 Å². The summed E-state index contributed by atoms with van der Waals surface area (Å²) >= 11 is 0. The molecule has 2 aromatic heterocycles. The molecule has 0 bridgehead atoms. The number of fused-ring (bicyclic) bond motifs is 1. The minimum Gasteiger partial charge on any atom is -0.354 e. The van der Waals surface area contributed by atoms with Gasteiger partial charge in [-0.05, 0) is 49.9 Å². The summed E-state index contributed by atoms with van der Waals surface area (Å²) in [4.78, 5) is 11.2. The lowest BCUT2D eigenvalue weighted by atomic mass is 10.00. The van der Waals surface area contributed by atoms with Crippen LogP contribution in [0.3, 0.4) is 0 Å². The predicted octanol–water partition coefficient (Wildman–Crippen LogP) is 4.17. The first-order chi connectivity index (χ1) is 13.5. The lowest BCUT2D eigenvalue weighted by Crippen LogP contribution is -2.27. The molecule has 0 radical (unpaired) electrons. The van der Waals surface area contributed by atoms with E-state index in [1.165, 1.54) is 0 Å². The first-order valence-corrected chi connectivity index (χ1v) is 9.91. The zero-order valence-corrected chi connectivity index (χ0v) is 17.2. The number of hydrogen-bond acceptors (Lipinski definition) is 6. The first-order valence-electron chi connectivity index (χ1n) is 9.91. The van der Waals surface area contributed by atoms with Gasteiger partial charge in [0, 0.05) is 24.5 Å². The largest absolute Gasteiger partial charge is 0.354 e. The molecule has 1 aliphatic heterocycles. The maximum absolute atomic E-state index is 14.7. The van der Waals surface area contributed by atoms with Gasteiger partial charge in [-0.25, -0.2) is 9.37 Å². The average Bonchev–Trinajstić information content (AvgIpc) is 3.32. The van der Waals surface area contributed by atoms with Crippen LogP contribution >= 0.6 is 0 Å². The summed E-state index contributed by atoms with van der Waals surface area (Å²) in [6.07, 6.45) is 1.63. The molecule has 1 aromatic carbocycles. The topological polar surface area (TPSA) is 81.1 Å². The molecule has 7 heteroatoms. The second-order valence-corrected chi connectivity index (χ2v) is 6.90. The molecule has 4 rings (SSSR count). The quantitative estimate of drug-likeness (QED) is 0.729. The van der Waals surface area contributed by atoms with Crippen LogP contribution < -0.4 is 10.6 Å². The first kappa shape index (κ1) is 20.2. The van der Waals surface area contributed by atoms with E-state index in [1.807, 2.05) is 33.8 Å². The number of anilines is 1. The molecule has 3 aromatic rings. The van der Waals surface area contributed by atoms with Crippen LogP contribution in [0.5, 0.6) is 0 Å². The van der Waals surface area contributed by atoms with E-state index in [4.69, 9.17) is 10.3 Å². The van der Waals surface area contributed by atoms with Crippen LogP contribution in [-0.2, 0) is 6.42 Å². The summed E-state index contributed by atoms with van der Waals surface area (Å²) in [5, 5.41) is 4.69. The highest BCUT2D eigenvalue weighted by Crippen LogP contribution is 2.38. The highest BCUT2D eigenvalue weighted by molar-refractivity contribution is 5.93. The van der Waals surface area contributed by atoms with Crippen molar-refractivity contribution >= 4 is 16.7 Å². The van der Waals surface area contributed by atoms with Crippen molar-refractivity contribution in [2.24, 2.45) is 5.73 Å². The summed E-state index contributed by atoms with van der Waals surface area (Å²) in [6.45, 7) is 11.2. The Labute approximate surface area is 164 Å². The fraction of sp³-hybridized carbons (Fsp3) is 0.476. The highest BCUT2D eigenvalue weighted by atomic mass is 19.1. The lowest BCUT2D eigenvalue weighted by Gasteiger charge is -2.22. The van der Waals surface area contributed by atoms with Gasteiger partial charge in [0.05, 0.1) is 5.56 Å². The summed E-state index contributed by atoms with van der Waals surface area (Å²) in [6, 6.07) is 3.63. The third kappa shape index (κ3) is 3.58. The monoisotopic (exact) mass is 385 g/mol. The SMILES string of the molecule is CC.CCc1cc(F)c2nc(N3CCC(N)C3)c(-c3nc(C)no3)c(C)c2c1. The molecule has 1 saturated heterocycles. The van der Waals surface area contributed by atoms with Crippen LogP contribution in [0.15, 0.2) is 16.7 Å². The van der Waals surface area contributed by atoms with Crippen LogP contribution in [0.4, 0.5) is 10.2 Å². The number of rotatable bonds is 3. The molecule has 1 unspecified atom stereocenters. The fourth-order valence-corrected chi connectivity index (χ4v) is 3.59. The zero-order chi connectivity index (χ0) is 20.4. The van der Waals surface area contributed by atoms with Gasteiger partial charge in [0.2, 0.25) is 0 Å². The normalized spacial score (nSPS) is 16.4. The molecule has 0 saturated carbocycles. The number of nitrogens with two attached hydrogens (primary N) is 1. The number of halogens is 1. The number of benzene rings is 1. The molecule has 6 nitrogen and oxygen atoms in total. The Morgan fingerprint density at radius 3 is 2.57 bits per heavy atom. The third-order valence-electron chi connectivity index (χ3n) is 5.02. The van der Waals surface area contributed by atoms with Gasteiger partial charge in [-0.1, -0.05) is 25.9 Å². The number of aromatic nitrogens is 3. The van der Waals surface area contributed by atoms with Crippen molar-refractivity contribution in [1.82, 2.24) is 15.1 Å². The molecule has 1 aliphatic rings. The van der Waals surface area contributed by atoms with Gasteiger partial charge in [0.1, 0.15) is 17.2 Å². The fourth-order valence-electron chi connectivity index (χ4n) is 3.59. The van der Waals surface area contributed by atoms with E-state index in [9.17, 15) is 4.39 Å². The summed E-state index contributed by atoms with van der Waals surface area (Å²) in [7, 11) is 0. The smallest absolute Gasteiger partial charge is 0.261 e. The van der Waals surface area contributed by atoms with E-state index in [-0.39, 0.29) is 11.9 Å². The Morgan fingerprint density at radius 1 is 1.25 bits per heavy atom. The Balaban J connectivity index is 0.00000109. The molecule has 0 aliphatic carbocycles. The van der Waals surface area contributed by atoms with Gasteiger partial charge >= 0.3 is 0 Å². The second kappa shape index (κ2) is 8.22. The minimum atomic E-state index is -0.305. The second-order valence-electron chi connectivity index (χ2n) is 6.90. The molecule has 2 N–H and O–H groups in total. The standard InChI is InChI=1S/C19H22FN5O.C2H6/c1-4-12-7-14-10(2)16(19-22-11(3)24-26-19)18(23-17(14)15(20)8-12)25-6-5-13(21)9-25;1-2/h7-8,13H,4-6,9,21H2,1-3H3;1-2H3. The molecule has 3 heterocycles. The molecule has 150 valence electrons. The van der Waals surface area contributed by atoms with E-state index in [0.29, 0.717) is 29.6 Å². The van der Waals surface area contributed by atoms with Gasteiger partial charge in [0.25, 0.3) is 5.89 Å². The maximum atomic E-state index is 14.7. The average molecular weight is 385 g/mol. The number of hydrogen-bond donors (Lipinski definition) is 1. The summed E-state index contributed by atoms with van der Waals surface area (Å²) in [5.41, 5.74) is 9.04. The molecule has 1 atom stereocenters. The van der Waals surface area contributed by atoms with Crippen LogP contribution in [-0.4, -0.2) is 34.3 Å². The zero-order valence-electron chi connectivity index (χ0n) is 17.2. The number of nitrogens with zero attached hydrogens (tertiary/aromatic N) is 4. The summed E-state index contributed by atoms with van der Waals surface area (Å²) < 4.78 is 20.2. The van der Waals surface area contributed by atoms with Crippen molar-refractivity contribution in [3.63, 3.8) is 0 Å². The van der Waals surface area contributed by atoms with Crippen molar-refractivity contribution in [1.29, 1.82) is 0 Å². The highest BCUT2D eigenvalue weighted by Gasteiger charge is 2.28. The lowest BCUT2D eigenvalue weighted by molar-refractivity contribution is 0.425. The molecular formula is C21H28FN5O. The molecule has 0 amide bonds. The Kier molecular flexibility index (Phi) is 5.93. The van der Waals surface area contributed by atoms with E-state index in [0.717, 1.165) is 41.5 Å². The molecule has 0 spiro atoms. The summed E-state index contributed by atoms with van der Waals surface area (Å²) in [5.74, 6) is 1.32. The van der Waals surface area contributed by atoms with Crippen molar-refractivity contribution in [2.75, 3.05) is 18.0 Å². The third-order valence-corrected chi connectivity index (χ3v) is 5.02. The Hall–Kier alpha value is -2.54. The van der Waals surface area contributed by atoms with E-state index in [1.54, 1.807) is 13.0 Å². The number of pyridine rings is 1. The van der Waals surface area contributed by atoms with Gasteiger partial charge in [-0.2, -0.15) is 4.98 Å². The van der Waals surface area contributed by atoms with Crippen molar-refractivity contribution in [3.05, 3.63) is 34.9 Å². The minimum absolute atomic E-state index is 0.0809. The van der Waals surface area contributed by atoms with Crippen molar-refractivity contribution in [3.8, 4) is 11.5 Å². The Morgan fingerprint density at radius 2 is 2.00 bits per heavy atom. The van der Waals surface area contributed by atoms with E-state index >= 15 is 0 Å². The van der Waals surface area contributed by atoms with Crippen LogP contribution in [0.25, 0.3) is 22.4 Å². The molecule has 28 heavy (non-hydrogen) atoms. The van der Waals surface area contributed by atoms with Crippen LogP contribution in [0, 0.1) is 19.7 Å². The Bertz CT molecular complexity index is 985. The molecular weight excluding hydrogens is 357 g/mol. The van der Waals surface area contributed by atoms with Crippen molar-refractivity contribution < 1.29 is 8.91 Å². The van der Waals surface area contributed by atoms with Gasteiger partial charge in [0.15, 0.2) is 5.82 Å². The van der Waals surface area contributed by atoms with Crippen molar-refractivity contribution in [2.45, 2.75) is 53.5 Å².